The van der Waals surface area contributed by atoms with Crippen LogP contribution in [0, 0.1) is 0 Å². The normalized spacial score (nSPS) is 16.5. The summed E-state index contributed by atoms with van der Waals surface area (Å²) in [6.07, 6.45) is 6.58. The molecule has 0 amide bonds. The number of allylic oxidation sites excluding steroid dienone is 5. The summed E-state index contributed by atoms with van der Waals surface area (Å²) in [5, 5.41) is 0. The van der Waals surface area contributed by atoms with Gasteiger partial charge in [-0.15, -0.1) is 6.58 Å². The number of rotatable bonds is 3. The van der Waals surface area contributed by atoms with Crippen LogP contribution in [0.2, 0.25) is 0 Å². The predicted molar refractivity (Wildman–Crippen MR) is 46.7 cm³/mol. The Morgan fingerprint density at radius 2 is 2.33 bits per heavy atom. The van der Waals surface area contributed by atoms with Gasteiger partial charge in [-0.25, -0.2) is 0 Å². The Hall–Kier alpha value is -1.44. The molecule has 0 unspecified atom stereocenters. The summed E-state index contributed by atoms with van der Waals surface area (Å²) in [5.74, 6) is 0.0838. The van der Waals surface area contributed by atoms with Gasteiger partial charge in [-0.2, -0.15) is 0 Å². The van der Waals surface area contributed by atoms with E-state index in [1.54, 1.807) is 18.2 Å². The van der Waals surface area contributed by atoms with Crippen LogP contribution in [-0.4, -0.2) is 12.1 Å². The number of carbonyl (C=O) groups is 2. The molecule has 0 saturated heterocycles. The molecule has 1 rings (SSSR count). The zero-order valence-electron chi connectivity index (χ0n) is 6.75. The minimum absolute atomic E-state index is 0.0838. The maximum Gasteiger partial charge on any atom is 0.162 e. The summed E-state index contributed by atoms with van der Waals surface area (Å²) in [4.78, 5) is 21.5. The fraction of sp³-hybridized carbons (Fsp3) is 0.200. The van der Waals surface area contributed by atoms with Gasteiger partial charge in [0.2, 0.25) is 0 Å². The van der Waals surface area contributed by atoms with Crippen LogP contribution >= 0.6 is 0 Å². The molecule has 2 nitrogen and oxygen atoms in total. The van der Waals surface area contributed by atoms with Crippen LogP contribution in [0.3, 0.4) is 0 Å². The second kappa shape index (κ2) is 3.81. The standard InChI is InChI=1S/C10H10O2/c1-2-3-9-6-8(7-11)4-5-10(9)12/h2,4,6-7H,1,3,5H2. The van der Waals surface area contributed by atoms with Crippen LogP contribution in [-0.2, 0) is 9.59 Å². The molecule has 0 aromatic rings. The molecular formula is C10H10O2. The van der Waals surface area contributed by atoms with Crippen molar-refractivity contribution in [3.63, 3.8) is 0 Å². The zero-order valence-corrected chi connectivity index (χ0v) is 6.75. The second-order valence-corrected chi connectivity index (χ2v) is 2.61. The molecule has 0 aliphatic heterocycles. The SMILES string of the molecule is C=CCC1=CC(C=O)=CCC1=O. The highest BCUT2D eigenvalue weighted by Gasteiger charge is 2.11. The first kappa shape index (κ1) is 8.65. The molecule has 0 aromatic carbocycles. The van der Waals surface area contributed by atoms with E-state index >= 15 is 0 Å². The van der Waals surface area contributed by atoms with Crippen molar-refractivity contribution in [3.8, 4) is 0 Å². The van der Waals surface area contributed by atoms with Crippen LogP contribution in [0.5, 0.6) is 0 Å². The minimum atomic E-state index is 0.0838. The first-order valence-corrected chi connectivity index (χ1v) is 3.78. The molecule has 1 aliphatic rings. The van der Waals surface area contributed by atoms with Crippen LogP contribution in [0.4, 0.5) is 0 Å². The summed E-state index contributed by atoms with van der Waals surface area (Å²) in [7, 11) is 0. The molecule has 0 aromatic heterocycles. The Morgan fingerprint density at radius 3 is 2.92 bits per heavy atom. The highest BCUT2D eigenvalue weighted by Crippen LogP contribution is 2.15. The quantitative estimate of drug-likeness (QED) is 0.466. The fourth-order valence-electron chi connectivity index (χ4n) is 1.09. The van der Waals surface area contributed by atoms with Gasteiger partial charge < -0.3 is 0 Å². The number of hydrogen-bond acceptors (Lipinski definition) is 2. The second-order valence-electron chi connectivity index (χ2n) is 2.61. The van der Waals surface area contributed by atoms with E-state index < -0.39 is 0 Å². The lowest BCUT2D eigenvalue weighted by atomic mass is 9.96. The third kappa shape index (κ3) is 1.78. The average Bonchev–Trinajstić information content (AvgIpc) is 2.09. The molecule has 0 radical (unpaired) electrons. The summed E-state index contributed by atoms with van der Waals surface area (Å²) in [5.41, 5.74) is 1.26. The van der Waals surface area contributed by atoms with E-state index in [4.69, 9.17) is 0 Å². The maximum absolute atomic E-state index is 11.2. The molecule has 0 fully saturated rings. The average molecular weight is 162 g/mol. The van der Waals surface area contributed by atoms with Crippen molar-refractivity contribution in [3.05, 3.63) is 36.0 Å². The lowest BCUT2D eigenvalue weighted by Crippen LogP contribution is -2.06. The van der Waals surface area contributed by atoms with Gasteiger partial charge in [-0.05, 0) is 18.1 Å². The lowest BCUT2D eigenvalue weighted by molar-refractivity contribution is -0.114. The van der Waals surface area contributed by atoms with Crippen LogP contribution in [0.1, 0.15) is 12.8 Å². The molecule has 0 heterocycles. The van der Waals surface area contributed by atoms with Gasteiger partial charge in [0.25, 0.3) is 0 Å². The van der Waals surface area contributed by atoms with Crippen molar-refractivity contribution in [2.24, 2.45) is 0 Å². The molecule has 0 atom stereocenters. The summed E-state index contributed by atoms with van der Waals surface area (Å²) in [6, 6.07) is 0. The molecule has 0 spiro atoms. The number of carbonyl (C=O) groups excluding carboxylic acids is 2. The highest BCUT2D eigenvalue weighted by atomic mass is 16.1. The van der Waals surface area contributed by atoms with Gasteiger partial charge in [-0.1, -0.05) is 12.2 Å². The van der Waals surface area contributed by atoms with Crippen molar-refractivity contribution in [2.45, 2.75) is 12.8 Å². The molecule has 2 heteroatoms. The van der Waals surface area contributed by atoms with Gasteiger partial charge in [0.1, 0.15) is 6.29 Å². The Bertz CT molecular complexity index is 282. The molecule has 0 bridgehead atoms. The first-order valence-electron chi connectivity index (χ1n) is 3.78. The largest absolute Gasteiger partial charge is 0.298 e. The van der Waals surface area contributed by atoms with E-state index in [1.807, 2.05) is 0 Å². The van der Waals surface area contributed by atoms with Gasteiger partial charge in [0.05, 0.1) is 0 Å². The monoisotopic (exact) mass is 162 g/mol. The van der Waals surface area contributed by atoms with Gasteiger partial charge in [0, 0.05) is 12.0 Å². The van der Waals surface area contributed by atoms with Crippen LogP contribution in [0.25, 0.3) is 0 Å². The number of ketones is 1. The van der Waals surface area contributed by atoms with Crippen LogP contribution in [0.15, 0.2) is 36.0 Å². The van der Waals surface area contributed by atoms with E-state index in [2.05, 4.69) is 6.58 Å². The van der Waals surface area contributed by atoms with E-state index in [0.29, 0.717) is 24.0 Å². The summed E-state index contributed by atoms with van der Waals surface area (Å²) < 4.78 is 0. The Labute approximate surface area is 71.3 Å². The van der Waals surface area contributed by atoms with E-state index in [1.165, 1.54) is 0 Å². The molecule has 1 aliphatic carbocycles. The Morgan fingerprint density at radius 1 is 1.58 bits per heavy atom. The molecule has 12 heavy (non-hydrogen) atoms. The highest BCUT2D eigenvalue weighted by molar-refractivity contribution is 6.01. The Balaban J connectivity index is 2.86. The lowest BCUT2D eigenvalue weighted by Gasteiger charge is -2.06. The van der Waals surface area contributed by atoms with E-state index in [0.717, 1.165) is 6.29 Å². The number of Topliss-reactive ketones (excluding diaryl/α,β-unsaturated/α-hetero) is 1. The van der Waals surface area contributed by atoms with Crippen molar-refractivity contribution >= 4 is 12.1 Å². The third-order valence-electron chi connectivity index (χ3n) is 1.72. The van der Waals surface area contributed by atoms with Gasteiger partial charge in [-0.3, -0.25) is 9.59 Å². The molecule has 62 valence electrons. The minimum Gasteiger partial charge on any atom is -0.298 e. The summed E-state index contributed by atoms with van der Waals surface area (Å²) in [6.45, 7) is 3.54. The number of hydrogen-bond donors (Lipinski definition) is 0. The topological polar surface area (TPSA) is 34.1 Å². The van der Waals surface area contributed by atoms with Crippen LogP contribution < -0.4 is 0 Å². The zero-order chi connectivity index (χ0) is 8.97. The first-order chi connectivity index (χ1) is 5.77. The fourth-order valence-corrected chi connectivity index (χ4v) is 1.09. The van der Waals surface area contributed by atoms with Crippen molar-refractivity contribution in [2.75, 3.05) is 0 Å². The van der Waals surface area contributed by atoms with Gasteiger partial charge >= 0.3 is 0 Å². The smallest absolute Gasteiger partial charge is 0.162 e. The third-order valence-corrected chi connectivity index (χ3v) is 1.72. The van der Waals surface area contributed by atoms with Crippen molar-refractivity contribution in [1.29, 1.82) is 0 Å². The maximum atomic E-state index is 11.2. The number of aldehydes is 1. The molecule has 0 saturated carbocycles. The van der Waals surface area contributed by atoms with Crippen molar-refractivity contribution in [1.82, 2.24) is 0 Å². The predicted octanol–water partition coefficient (Wildman–Crippen LogP) is 1.59. The van der Waals surface area contributed by atoms with E-state index in [9.17, 15) is 9.59 Å². The molecule has 0 N–H and O–H groups in total. The Kier molecular flexibility index (Phi) is 2.75. The van der Waals surface area contributed by atoms with Gasteiger partial charge in [0.15, 0.2) is 5.78 Å². The summed E-state index contributed by atoms with van der Waals surface area (Å²) >= 11 is 0. The van der Waals surface area contributed by atoms with Crippen molar-refractivity contribution < 1.29 is 9.59 Å². The molecular weight excluding hydrogens is 152 g/mol. The van der Waals surface area contributed by atoms with E-state index in [-0.39, 0.29) is 5.78 Å².